The van der Waals surface area contributed by atoms with E-state index in [4.69, 9.17) is 4.74 Å². The number of carbonyl (C=O) groups excluding carboxylic acids is 2. The van der Waals surface area contributed by atoms with E-state index in [1.165, 1.54) is 0 Å². The van der Waals surface area contributed by atoms with Crippen LogP contribution in [0.5, 0.6) is 0 Å². The van der Waals surface area contributed by atoms with Crippen molar-refractivity contribution < 1.29 is 14.3 Å². The number of alkyl halides is 1. The van der Waals surface area contributed by atoms with Crippen molar-refractivity contribution in [3.63, 3.8) is 0 Å². The third kappa shape index (κ3) is 4.74. The highest BCUT2D eigenvalue weighted by molar-refractivity contribution is 9.10. The van der Waals surface area contributed by atoms with Crippen molar-refractivity contribution in [3.05, 3.63) is 0 Å². The highest BCUT2D eigenvalue weighted by Gasteiger charge is 2.25. The Labute approximate surface area is 93.3 Å². The second-order valence-corrected chi connectivity index (χ2v) is 4.08. The zero-order valence-corrected chi connectivity index (χ0v) is 10.2. The number of rotatable bonds is 7. The summed E-state index contributed by atoms with van der Waals surface area (Å²) in [6, 6.07) is 0. The van der Waals surface area contributed by atoms with Gasteiger partial charge in [-0.1, -0.05) is 35.7 Å². The summed E-state index contributed by atoms with van der Waals surface area (Å²) in [6.45, 7) is 4.15. The Morgan fingerprint density at radius 3 is 2.57 bits per heavy atom. The van der Waals surface area contributed by atoms with Crippen LogP contribution in [0.4, 0.5) is 0 Å². The van der Waals surface area contributed by atoms with Crippen LogP contribution in [-0.4, -0.2) is 23.7 Å². The molecule has 0 bridgehead atoms. The van der Waals surface area contributed by atoms with E-state index >= 15 is 0 Å². The van der Waals surface area contributed by atoms with Gasteiger partial charge < -0.3 is 9.53 Å². The van der Waals surface area contributed by atoms with Crippen molar-refractivity contribution in [1.82, 2.24) is 0 Å². The van der Waals surface area contributed by atoms with Gasteiger partial charge in [0, 0.05) is 5.92 Å². The van der Waals surface area contributed by atoms with E-state index in [1.807, 2.05) is 0 Å². The number of unbranched alkanes of at least 4 members (excludes halogenated alkanes) is 1. The summed E-state index contributed by atoms with van der Waals surface area (Å²) in [4.78, 5) is 21.5. The monoisotopic (exact) mass is 264 g/mol. The van der Waals surface area contributed by atoms with Gasteiger partial charge in [-0.3, -0.25) is 4.79 Å². The van der Waals surface area contributed by atoms with E-state index < -0.39 is 4.83 Å². The molecule has 0 radical (unpaired) electrons. The number of carbonyl (C=O) groups is 2. The Bertz CT molecular complexity index is 182. The van der Waals surface area contributed by atoms with Crippen molar-refractivity contribution in [2.45, 2.75) is 37.9 Å². The molecule has 0 aromatic rings. The second-order valence-electron chi connectivity index (χ2n) is 3.10. The molecule has 2 atom stereocenters. The average molecular weight is 265 g/mol. The first-order valence-electron chi connectivity index (χ1n) is 4.93. The minimum atomic E-state index is -0.494. The van der Waals surface area contributed by atoms with Crippen LogP contribution in [0.15, 0.2) is 0 Å². The van der Waals surface area contributed by atoms with Gasteiger partial charge in [-0.15, -0.1) is 0 Å². The second kappa shape index (κ2) is 7.97. The minimum Gasteiger partial charge on any atom is -0.465 e. The number of ether oxygens (including phenoxy) is 1. The van der Waals surface area contributed by atoms with E-state index in [0.29, 0.717) is 6.61 Å². The summed E-state index contributed by atoms with van der Waals surface area (Å²) >= 11 is 3.20. The van der Waals surface area contributed by atoms with Crippen LogP contribution < -0.4 is 0 Å². The summed E-state index contributed by atoms with van der Waals surface area (Å²) in [6.07, 6.45) is 3.53. The minimum absolute atomic E-state index is 0.269. The lowest BCUT2D eigenvalue weighted by Gasteiger charge is -2.15. The number of esters is 1. The lowest BCUT2D eigenvalue weighted by molar-refractivity contribution is -0.144. The molecular weight excluding hydrogens is 248 g/mol. The fourth-order valence-corrected chi connectivity index (χ4v) is 1.64. The quantitative estimate of drug-likeness (QED) is 0.403. The average Bonchev–Trinajstić information content (AvgIpc) is 2.19. The van der Waals surface area contributed by atoms with Crippen LogP contribution in [0.25, 0.3) is 0 Å². The smallest absolute Gasteiger partial charge is 0.320 e. The van der Waals surface area contributed by atoms with Crippen molar-refractivity contribution in [1.29, 1.82) is 0 Å². The molecule has 0 heterocycles. The lowest BCUT2D eigenvalue weighted by Crippen LogP contribution is -2.27. The Balaban J connectivity index is 4.08. The Kier molecular flexibility index (Phi) is 7.76. The van der Waals surface area contributed by atoms with Gasteiger partial charge >= 0.3 is 5.97 Å². The van der Waals surface area contributed by atoms with Crippen LogP contribution >= 0.6 is 15.9 Å². The predicted octanol–water partition coefficient (Wildman–Crippen LogP) is 2.32. The molecule has 0 N–H and O–H groups in total. The van der Waals surface area contributed by atoms with Crippen molar-refractivity contribution in [2.75, 3.05) is 6.61 Å². The topological polar surface area (TPSA) is 43.4 Å². The molecule has 0 aromatic heterocycles. The normalized spacial score (nSPS) is 14.5. The molecular formula is C10H17BrO3. The van der Waals surface area contributed by atoms with Crippen LogP contribution in [0.2, 0.25) is 0 Å². The highest BCUT2D eigenvalue weighted by atomic mass is 79.9. The first-order valence-corrected chi connectivity index (χ1v) is 5.84. The number of hydrogen-bond donors (Lipinski definition) is 0. The van der Waals surface area contributed by atoms with Gasteiger partial charge in [-0.05, 0) is 13.3 Å². The third-order valence-electron chi connectivity index (χ3n) is 1.95. The van der Waals surface area contributed by atoms with Gasteiger partial charge in [0.2, 0.25) is 0 Å². The van der Waals surface area contributed by atoms with E-state index in [0.717, 1.165) is 25.5 Å². The molecule has 0 fully saturated rings. The lowest BCUT2D eigenvalue weighted by atomic mass is 10.0. The SMILES string of the molecule is CCCCC(C=O)C(Br)C(=O)OCC. The van der Waals surface area contributed by atoms with Crippen LogP contribution in [0.3, 0.4) is 0 Å². The standard InChI is InChI=1S/C10H17BrO3/c1-3-5-6-8(7-12)9(11)10(13)14-4-2/h7-9H,3-6H2,1-2H3. The molecule has 0 amide bonds. The fraction of sp³-hybridized carbons (Fsp3) is 0.800. The molecule has 3 nitrogen and oxygen atoms in total. The summed E-state index contributed by atoms with van der Waals surface area (Å²) < 4.78 is 4.82. The zero-order chi connectivity index (χ0) is 11.0. The number of halogens is 1. The van der Waals surface area contributed by atoms with E-state index in [-0.39, 0.29) is 11.9 Å². The summed E-state index contributed by atoms with van der Waals surface area (Å²) in [7, 11) is 0. The molecule has 0 saturated carbocycles. The summed E-state index contributed by atoms with van der Waals surface area (Å²) in [5, 5.41) is 0. The van der Waals surface area contributed by atoms with Crippen LogP contribution in [0, 0.1) is 5.92 Å². The maximum Gasteiger partial charge on any atom is 0.320 e. The largest absolute Gasteiger partial charge is 0.465 e. The van der Waals surface area contributed by atoms with Gasteiger partial charge in [0.1, 0.15) is 11.1 Å². The van der Waals surface area contributed by atoms with Crippen molar-refractivity contribution >= 4 is 28.2 Å². The molecule has 82 valence electrons. The molecule has 0 aliphatic heterocycles. The predicted molar refractivity (Wildman–Crippen MR) is 58.4 cm³/mol. The maximum absolute atomic E-state index is 11.3. The zero-order valence-electron chi connectivity index (χ0n) is 8.66. The molecule has 0 saturated heterocycles. The molecule has 0 aliphatic carbocycles. The number of aldehydes is 1. The van der Waals surface area contributed by atoms with Crippen LogP contribution in [-0.2, 0) is 14.3 Å². The molecule has 2 unspecified atom stereocenters. The first kappa shape index (κ1) is 13.6. The molecule has 4 heteroatoms. The van der Waals surface area contributed by atoms with Crippen molar-refractivity contribution in [3.8, 4) is 0 Å². The van der Waals surface area contributed by atoms with Gasteiger partial charge in [0.05, 0.1) is 6.61 Å². The Morgan fingerprint density at radius 1 is 1.50 bits per heavy atom. The van der Waals surface area contributed by atoms with E-state index in [9.17, 15) is 9.59 Å². The maximum atomic E-state index is 11.3. The fourth-order valence-electron chi connectivity index (χ4n) is 1.12. The van der Waals surface area contributed by atoms with Gasteiger partial charge in [0.15, 0.2) is 0 Å². The first-order chi connectivity index (χ1) is 6.67. The van der Waals surface area contributed by atoms with Crippen molar-refractivity contribution in [2.24, 2.45) is 5.92 Å². The van der Waals surface area contributed by atoms with Gasteiger partial charge in [0.25, 0.3) is 0 Å². The summed E-state index contributed by atoms with van der Waals surface area (Å²) in [5.41, 5.74) is 0. The Hall–Kier alpha value is -0.380. The molecule has 0 rings (SSSR count). The highest BCUT2D eigenvalue weighted by Crippen LogP contribution is 2.19. The molecule has 0 aliphatic rings. The molecule has 0 aromatic carbocycles. The molecule has 0 spiro atoms. The van der Waals surface area contributed by atoms with Crippen LogP contribution in [0.1, 0.15) is 33.1 Å². The van der Waals surface area contributed by atoms with E-state index in [2.05, 4.69) is 22.9 Å². The molecule has 14 heavy (non-hydrogen) atoms. The Morgan fingerprint density at radius 2 is 2.14 bits per heavy atom. The van der Waals surface area contributed by atoms with Gasteiger partial charge in [-0.2, -0.15) is 0 Å². The number of hydrogen-bond acceptors (Lipinski definition) is 3. The summed E-state index contributed by atoms with van der Waals surface area (Å²) in [5.74, 6) is -0.616. The third-order valence-corrected chi connectivity index (χ3v) is 3.01. The van der Waals surface area contributed by atoms with Gasteiger partial charge in [-0.25, -0.2) is 0 Å². The van der Waals surface area contributed by atoms with E-state index in [1.54, 1.807) is 6.92 Å².